The first-order valence-electron chi connectivity index (χ1n) is 5.05. The van der Waals surface area contributed by atoms with E-state index in [2.05, 4.69) is 4.74 Å². The minimum absolute atomic E-state index is 0.0562. The molecule has 88 valence electrons. The van der Waals surface area contributed by atoms with Gasteiger partial charge in [-0.3, -0.25) is 4.79 Å². The molecule has 0 saturated heterocycles. The van der Waals surface area contributed by atoms with Crippen molar-refractivity contribution in [2.24, 2.45) is 0 Å². The molecule has 0 spiro atoms. The first-order valence-corrected chi connectivity index (χ1v) is 5.05. The molecule has 0 atom stereocenters. The van der Waals surface area contributed by atoms with Gasteiger partial charge < -0.3 is 9.47 Å². The summed E-state index contributed by atoms with van der Waals surface area (Å²) in [4.78, 5) is 11.1. The van der Waals surface area contributed by atoms with Crippen LogP contribution in [0.5, 0.6) is 5.75 Å². The predicted molar refractivity (Wildman–Crippen MR) is 58.1 cm³/mol. The first kappa shape index (κ1) is 12.5. The van der Waals surface area contributed by atoms with Crippen LogP contribution in [0.1, 0.15) is 18.1 Å². The Morgan fingerprint density at radius 3 is 2.56 bits per heavy atom. The van der Waals surface area contributed by atoms with E-state index in [0.717, 1.165) is 0 Å². The van der Waals surface area contributed by atoms with Gasteiger partial charge in [0.25, 0.3) is 0 Å². The molecule has 0 heterocycles. The van der Waals surface area contributed by atoms with Crippen LogP contribution in [0.4, 0.5) is 4.39 Å². The minimum Gasteiger partial charge on any atom is -0.496 e. The Morgan fingerprint density at radius 2 is 2.06 bits per heavy atom. The van der Waals surface area contributed by atoms with Crippen LogP contribution < -0.4 is 4.74 Å². The fourth-order valence-corrected chi connectivity index (χ4v) is 1.54. The standard InChI is InChI=1S/C12H15FO3/c1-4-9-10(15-2)6-5-8(12(9)13)7-11(14)16-3/h5-6H,4,7H2,1-3H3. The molecule has 4 heteroatoms. The first-order chi connectivity index (χ1) is 7.63. The topological polar surface area (TPSA) is 35.5 Å². The van der Waals surface area contributed by atoms with Gasteiger partial charge in [0.15, 0.2) is 0 Å². The Labute approximate surface area is 94.2 Å². The lowest BCUT2D eigenvalue weighted by Crippen LogP contribution is -2.08. The third-order valence-electron chi connectivity index (χ3n) is 2.42. The molecule has 1 aromatic rings. The van der Waals surface area contributed by atoms with Crippen molar-refractivity contribution in [1.29, 1.82) is 0 Å². The van der Waals surface area contributed by atoms with E-state index >= 15 is 0 Å². The molecule has 0 amide bonds. The molecule has 0 unspecified atom stereocenters. The molecule has 0 saturated carbocycles. The van der Waals surface area contributed by atoms with Crippen molar-refractivity contribution in [2.45, 2.75) is 19.8 Å². The second-order valence-corrected chi connectivity index (χ2v) is 3.33. The number of benzene rings is 1. The molecule has 0 N–H and O–H groups in total. The Hall–Kier alpha value is -1.58. The highest BCUT2D eigenvalue weighted by molar-refractivity contribution is 5.72. The lowest BCUT2D eigenvalue weighted by molar-refractivity contribution is -0.139. The summed E-state index contributed by atoms with van der Waals surface area (Å²) in [6.45, 7) is 1.84. The van der Waals surface area contributed by atoms with Gasteiger partial charge in [0, 0.05) is 5.56 Å². The number of methoxy groups -OCH3 is 2. The van der Waals surface area contributed by atoms with Gasteiger partial charge in [-0.05, 0) is 18.1 Å². The molecule has 0 radical (unpaired) electrons. The van der Waals surface area contributed by atoms with E-state index in [9.17, 15) is 9.18 Å². The molecule has 16 heavy (non-hydrogen) atoms. The van der Waals surface area contributed by atoms with Gasteiger partial charge in [0.05, 0.1) is 20.6 Å². The van der Waals surface area contributed by atoms with Gasteiger partial charge in [0.2, 0.25) is 0 Å². The van der Waals surface area contributed by atoms with Crippen LogP contribution in [0.3, 0.4) is 0 Å². The molecule has 0 aromatic heterocycles. The number of esters is 1. The fourth-order valence-electron chi connectivity index (χ4n) is 1.54. The monoisotopic (exact) mass is 226 g/mol. The zero-order chi connectivity index (χ0) is 12.1. The zero-order valence-corrected chi connectivity index (χ0v) is 9.67. The van der Waals surface area contributed by atoms with Crippen molar-refractivity contribution in [3.8, 4) is 5.75 Å². The molecule has 1 rings (SSSR count). The van der Waals surface area contributed by atoms with E-state index in [0.29, 0.717) is 23.3 Å². The smallest absolute Gasteiger partial charge is 0.310 e. The number of hydrogen-bond acceptors (Lipinski definition) is 3. The summed E-state index contributed by atoms with van der Waals surface area (Å²) in [5, 5.41) is 0. The van der Waals surface area contributed by atoms with Gasteiger partial charge >= 0.3 is 5.97 Å². The molecular formula is C12H15FO3. The van der Waals surface area contributed by atoms with Crippen molar-refractivity contribution >= 4 is 5.97 Å². The van der Waals surface area contributed by atoms with Crippen LogP contribution in [0.15, 0.2) is 12.1 Å². The Morgan fingerprint density at radius 1 is 1.38 bits per heavy atom. The second kappa shape index (κ2) is 5.49. The van der Waals surface area contributed by atoms with Crippen LogP contribution in [0.25, 0.3) is 0 Å². The van der Waals surface area contributed by atoms with Crippen molar-refractivity contribution < 1.29 is 18.7 Å². The Balaban J connectivity index is 3.08. The number of ether oxygens (including phenoxy) is 2. The van der Waals surface area contributed by atoms with Crippen LogP contribution >= 0.6 is 0 Å². The van der Waals surface area contributed by atoms with E-state index in [1.807, 2.05) is 6.92 Å². The number of halogens is 1. The van der Waals surface area contributed by atoms with Gasteiger partial charge in [-0.25, -0.2) is 4.39 Å². The SMILES string of the molecule is CCc1c(OC)ccc(CC(=O)OC)c1F. The zero-order valence-electron chi connectivity index (χ0n) is 9.67. The molecule has 1 aromatic carbocycles. The second-order valence-electron chi connectivity index (χ2n) is 3.33. The number of carbonyl (C=O) groups excluding carboxylic acids is 1. The summed E-state index contributed by atoms with van der Waals surface area (Å²) >= 11 is 0. The van der Waals surface area contributed by atoms with E-state index in [1.165, 1.54) is 14.2 Å². The highest BCUT2D eigenvalue weighted by atomic mass is 19.1. The van der Waals surface area contributed by atoms with Crippen LogP contribution in [-0.2, 0) is 22.4 Å². The number of carbonyl (C=O) groups is 1. The van der Waals surface area contributed by atoms with Crippen molar-refractivity contribution in [1.82, 2.24) is 0 Å². The third-order valence-corrected chi connectivity index (χ3v) is 2.42. The fraction of sp³-hybridized carbons (Fsp3) is 0.417. The highest BCUT2D eigenvalue weighted by Gasteiger charge is 2.14. The maximum atomic E-state index is 13.9. The average molecular weight is 226 g/mol. The third kappa shape index (κ3) is 2.51. The molecule has 0 aliphatic rings. The maximum absolute atomic E-state index is 13.9. The Bertz CT molecular complexity index is 388. The van der Waals surface area contributed by atoms with E-state index in [1.54, 1.807) is 12.1 Å². The summed E-state index contributed by atoms with van der Waals surface area (Å²) in [6.07, 6.45) is 0.462. The average Bonchev–Trinajstić information content (AvgIpc) is 2.31. The van der Waals surface area contributed by atoms with Gasteiger partial charge in [-0.15, -0.1) is 0 Å². The molecule has 0 bridgehead atoms. The normalized spacial score (nSPS) is 10.0. The van der Waals surface area contributed by atoms with Crippen LogP contribution in [-0.4, -0.2) is 20.2 Å². The minimum atomic E-state index is -0.453. The summed E-state index contributed by atoms with van der Waals surface area (Å²) in [6, 6.07) is 3.21. The van der Waals surface area contributed by atoms with Gasteiger partial charge in [-0.2, -0.15) is 0 Å². The highest BCUT2D eigenvalue weighted by Crippen LogP contribution is 2.25. The van der Waals surface area contributed by atoms with Crippen molar-refractivity contribution in [3.63, 3.8) is 0 Å². The van der Waals surface area contributed by atoms with Crippen molar-refractivity contribution in [2.75, 3.05) is 14.2 Å². The van der Waals surface area contributed by atoms with Crippen LogP contribution in [0, 0.1) is 5.82 Å². The lowest BCUT2D eigenvalue weighted by atomic mass is 10.0. The summed E-state index contributed by atoms with van der Waals surface area (Å²) in [7, 11) is 2.78. The summed E-state index contributed by atoms with van der Waals surface area (Å²) in [5.74, 6) is -0.327. The van der Waals surface area contributed by atoms with E-state index < -0.39 is 5.97 Å². The maximum Gasteiger partial charge on any atom is 0.310 e. The predicted octanol–water partition coefficient (Wildman–Crippen LogP) is 2.11. The number of hydrogen-bond donors (Lipinski definition) is 0. The van der Waals surface area contributed by atoms with Crippen molar-refractivity contribution in [3.05, 3.63) is 29.1 Å². The summed E-state index contributed by atoms with van der Waals surface area (Å²) < 4.78 is 23.5. The largest absolute Gasteiger partial charge is 0.496 e. The quantitative estimate of drug-likeness (QED) is 0.738. The summed E-state index contributed by atoms with van der Waals surface area (Å²) in [5.41, 5.74) is 0.827. The van der Waals surface area contributed by atoms with Gasteiger partial charge in [0.1, 0.15) is 11.6 Å². The van der Waals surface area contributed by atoms with Gasteiger partial charge in [-0.1, -0.05) is 13.0 Å². The van der Waals surface area contributed by atoms with E-state index in [-0.39, 0.29) is 12.2 Å². The van der Waals surface area contributed by atoms with Crippen LogP contribution in [0.2, 0.25) is 0 Å². The molecule has 0 aliphatic carbocycles. The molecule has 3 nitrogen and oxygen atoms in total. The molecule has 0 fully saturated rings. The van der Waals surface area contributed by atoms with E-state index in [4.69, 9.17) is 4.74 Å². The number of rotatable bonds is 4. The lowest BCUT2D eigenvalue weighted by Gasteiger charge is -2.10. The molecular weight excluding hydrogens is 211 g/mol. The Kier molecular flexibility index (Phi) is 4.28. The molecule has 0 aliphatic heterocycles.